The molecular formula is C19H17N3O5. The van der Waals surface area contributed by atoms with Crippen LogP contribution in [0.2, 0.25) is 0 Å². The summed E-state index contributed by atoms with van der Waals surface area (Å²) in [6.45, 7) is -0.308. The number of methoxy groups -OCH3 is 1. The van der Waals surface area contributed by atoms with Crippen molar-refractivity contribution < 1.29 is 23.9 Å². The van der Waals surface area contributed by atoms with Gasteiger partial charge in [-0.1, -0.05) is 18.2 Å². The summed E-state index contributed by atoms with van der Waals surface area (Å²) >= 11 is 0. The second-order valence-electron chi connectivity index (χ2n) is 5.93. The standard InChI is InChI=1S/C19H17N3O5/c1-27-15-7-6-11(8-14(15)17(24)21-9-16(20)23)10-22-18(25)12-4-2-3-5-13(12)19(22)26/h2-8H,9-10H2,1H3,(H2,20,23)(H,21,24). The molecule has 3 rings (SSSR count). The van der Waals surface area contributed by atoms with Crippen molar-refractivity contribution in [1.29, 1.82) is 0 Å². The summed E-state index contributed by atoms with van der Waals surface area (Å²) in [5.74, 6) is -1.69. The molecule has 0 fully saturated rings. The van der Waals surface area contributed by atoms with Crippen LogP contribution in [0.3, 0.4) is 0 Å². The lowest BCUT2D eigenvalue weighted by atomic mass is 10.1. The summed E-state index contributed by atoms with van der Waals surface area (Å²) in [7, 11) is 1.41. The molecule has 0 spiro atoms. The van der Waals surface area contributed by atoms with Crippen LogP contribution >= 0.6 is 0 Å². The highest BCUT2D eigenvalue weighted by Crippen LogP contribution is 2.26. The number of ether oxygens (including phenoxy) is 1. The predicted octanol–water partition coefficient (Wildman–Crippen LogP) is 0.707. The molecule has 1 heterocycles. The highest BCUT2D eigenvalue weighted by molar-refractivity contribution is 6.21. The molecular weight excluding hydrogens is 350 g/mol. The van der Waals surface area contributed by atoms with Gasteiger partial charge in [-0.15, -0.1) is 0 Å². The summed E-state index contributed by atoms with van der Waals surface area (Å²) < 4.78 is 5.17. The maximum Gasteiger partial charge on any atom is 0.261 e. The Morgan fingerprint density at radius 1 is 1.07 bits per heavy atom. The molecule has 3 N–H and O–H groups in total. The number of imide groups is 1. The van der Waals surface area contributed by atoms with E-state index in [-0.39, 0.29) is 30.5 Å². The van der Waals surface area contributed by atoms with E-state index in [0.717, 1.165) is 4.90 Å². The fraction of sp³-hybridized carbons (Fsp3) is 0.158. The van der Waals surface area contributed by atoms with Crippen molar-refractivity contribution in [3.8, 4) is 5.75 Å². The van der Waals surface area contributed by atoms with Crippen molar-refractivity contribution in [2.45, 2.75) is 6.54 Å². The van der Waals surface area contributed by atoms with E-state index in [2.05, 4.69) is 5.32 Å². The predicted molar refractivity (Wildman–Crippen MR) is 95.2 cm³/mol. The fourth-order valence-electron chi connectivity index (χ4n) is 2.86. The third-order valence-corrected chi connectivity index (χ3v) is 4.15. The molecule has 4 amide bonds. The number of primary amides is 1. The van der Waals surface area contributed by atoms with E-state index in [1.807, 2.05) is 0 Å². The van der Waals surface area contributed by atoms with Crippen molar-refractivity contribution >= 4 is 23.6 Å². The van der Waals surface area contributed by atoms with E-state index in [0.29, 0.717) is 22.4 Å². The molecule has 0 bridgehead atoms. The molecule has 0 aliphatic carbocycles. The molecule has 0 atom stereocenters. The van der Waals surface area contributed by atoms with Crippen LogP contribution in [0, 0.1) is 0 Å². The topological polar surface area (TPSA) is 119 Å². The second-order valence-corrected chi connectivity index (χ2v) is 5.93. The normalized spacial score (nSPS) is 12.7. The first-order valence-electron chi connectivity index (χ1n) is 8.11. The molecule has 0 saturated carbocycles. The number of nitrogens with zero attached hydrogens (tertiary/aromatic N) is 1. The quantitative estimate of drug-likeness (QED) is 0.729. The highest BCUT2D eigenvalue weighted by Gasteiger charge is 2.35. The smallest absolute Gasteiger partial charge is 0.261 e. The summed E-state index contributed by atoms with van der Waals surface area (Å²) in [4.78, 5) is 49.2. The number of amides is 4. The number of fused-ring (bicyclic) bond motifs is 1. The molecule has 138 valence electrons. The SMILES string of the molecule is COc1ccc(CN2C(=O)c3ccccc3C2=O)cc1C(=O)NCC(N)=O. The van der Waals surface area contributed by atoms with Crippen molar-refractivity contribution in [1.82, 2.24) is 10.2 Å². The summed E-state index contributed by atoms with van der Waals surface area (Å²) in [5, 5.41) is 2.38. The number of hydrogen-bond donors (Lipinski definition) is 2. The van der Waals surface area contributed by atoms with Crippen molar-refractivity contribution in [3.63, 3.8) is 0 Å². The Bertz CT molecular complexity index is 919. The van der Waals surface area contributed by atoms with E-state index in [1.54, 1.807) is 36.4 Å². The Labute approximate surface area is 154 Å². The van der Waals surface area contributed by atoms with Crippen molar-refractivity contribution in [2.24, 2.45) is 5.73 Å². The first-order chi connectivity index (χ1) is 12.9. The number of rotatable bonds is 6. The van der Waals surface area contributed by atoms with Gasteiger partial charge < -0.3 is 15.8 Å². The summed E-state index contributed by atoms with van der Waals surface area (Å²) in [6.07, 6.45) is 0. The average Bonchev–Trinajstić information content (AvgIpc) is 2.91. The first-order valence-corrected chi connectivity index (χ1v) is 8.11. The second kappa shape index (κ2) is 7.28. The van der Waals surface area contributed by atoms with Crippen LogP contribution in [0.5, 0.6) is 5.75 Å². The summed E-state index contributed by atoms with van der Waals surface area (Å²) in [6, 6.07) is 11.3. The molecule has 0 unspecified atom stereocenters. The van der Waals surface area contributed by atoms with Crippen molar-refractivity contribution in [2.75, 3.05) is 13.7 Å². The molecule has 27 heavy (non-hydrogen) atoms. The van der Waals surface area contributed by atoms with E-state index in [1.165, 1.54) is 13.2 Å². The van der Waals surface area contributed by atoms with Crippen LogP contribution in [0.25, 0.3) is 0 Å². The van der Waals surface area contributed by atoms with Gasteiger partial charge in [0.25, 0.3) is 17.7 Å². The van der Waals surface area contributed by atoms with Gasteiger partial charge in [0.1, 0.15) is 5.75 Å². The summed E-state index contributed by atoms with van der Waals surface area (Å²) in [5.41, 5.74) is 6.49. The van der Waals surface area contributed by atoms with Gasteiger partial charge >= 0.3 is 0 Å². The van der Waals surface area contributed by atoms with E-state index >= 15 is 0 Å². The molecule has 2 aromatic carbocycles. The molecule has 2 aromatic rings. The number of nitrogens with two attached hydrogens (primary N) is 1. The lowest BCUT2D eigenvalue weighted by Crippen LogP contribution is -2.33. The van der Waals surface area contributed by atoms with Gasteiger partial charge in [0.2, 0.25) is 5.91 Å². The van der Waals surface area contributed by atoms with E-state index in [4.69, 9.17) is 10.5 Å². The third-order valence-electron chi connectivity index (χ3n) is 4.15. The van der Waals surface area contributed by atoms with Crippen LogP contribution < -0.4 is 15.8 Å². The zero-order chi connectivity index (χ0) is 19.6. The molecule has 0 radical (unpaired) electrons. The minimum atomic E-state index is -0.676. The Hall–Kier alpha value is -3.68. The number of benzene rings is 2. The minimum Gasteiger partial charge on any atom is -0.496 e. The van der Waals surface area contributed by atoms with Gasteiger partial charge in [-0.05, 0) is 29.8 Å². The van der Waals surface area contributed by atoms with Gasteiger partial charge in [-0.2, -0.15) is 0 Å². The van der Waals surface area contributed by atoms with Gasteiger partial charge in [0.15, 0.2) is 0 Å². The highest BCUT2D eigenvalue weighted by atomic mass is 16.5. The van der Waals surface area contributed by atoms with Crippen LogP contribution in [0.4, 0.5) is 0 Å². The molecule has 8 heteroatoms. The Morgan fingerprint density at radius 3 is 2.26 bits per heavy atom. The monoisotopic (exact) mass is 367 g/mol. The van der Waals surface area contributed by atoms with Gasteiger partial charge in [0, 0.05) is 0 Å². The molecule has 1 aliphatic heterocycles. The Morgan fingerprint density at radius 2 is 1.70 bits per heavy atom. The number of nitrogens with one attached hydrogen (secondary N) is 1. The largest absolute Gasteiger partial charge is 0.496 e. The van der Waals surface area contributed by atoms with Gasteiger partial charge in [-0.25, -0.2) is 0 Å². The number of carbonyl (C=O) groups is 4. The van der Waals surface area contributed by atoms with E-state index < -0.39 is 11.8 Å². The molecule has 0 aromatic heterocycles. The van der Waals surface area contributed by atoms with Crippen molar-refractivity contribution in [3.05, 3.63) is 64.7 Å². The third kappa shape index (κ3) is 3.50. The lowest BCUT2D eigenvalue weighted by molar-refractivity contribution is -0.117. The number of hydrogen-bond acceptors (Lipinski definition) is 5. The van der Waals surface area contributed by atoms with Gasteiger partial charge in [-0.3, -0.25) is 24.1 Å². The van der Waals surface area contributed by atoms with Crippen LogP contribution in [0.15, 0.2) is 42.5 Å². The molecule has 8 nitrogen and oxygen atoms in total. The Balaban J connectivity index is 1.85. The van der Waals surface area contributed by atoms with Crippen LogP contribution in [-0.2, 0) is 11.3 Å². The van der Waals surface area contributed by atoms with Crippen LogP contribution in [0.1, 0.15) is 36.6 Å². The number of carbonyl (C=O) groups excluding carboxylic acids is 4. The zero-order valence-electron chi connectivity index (χ0n) is 14.5. The van der Waals surface area contributed by atoms with E-state index in [9.17, 15) is 19.2 Å². The lowest BCUT2D eigenvalue weighted by Gasteiger charge is -2.16. The maximum atomic E-state index is 12.5. The zero-order valence-corrected chi connectivity index (χ0v) is 14.5. The molecule has 1 aliphatic rings. The maximum absolute atomic E-state index is 12.5. The minimum absolute atomic E-state index is 0.00639. The van der Waals surface area contributed by atoms with Crippen LogP contribution in [-0.4, -0.2) is 42.2 Å². The molecule has 0 saturated heterocycles. The Kier molecular flexibility index (Phi) is 4.89. The average molecular weight is 367 g/mol. The first kappa shape index (κ1) is 18.1. The van der Waals surface area contributed by atoms with Gasteiger partial charge in [0.05, 0.1) is 36.9 Å². The fourth-order valence-corrected chi connectivity index (χ4v) is 2.86.